The number of carboxylic acid groups (broad SMARTS) is 2. The molecule has 9 nitrogen and oxygen atoms in total. The van der Waals surface area contributed by atoms with Crippen molar-refractivity contribution < 1.29 is 34.4 Å². The maximum atomic E-state index is 10.7. The van der Waals surface area contributed by atoms with Crippen LogP contribution in [0.25, 0.3) is 0 Å². The molecule has 3 aromatic carbocycles. The van der Waals surface area contributed by atoms with Crippen LogP contribution in [0.3, 0.4) is 0 Å². The van der Waals surface area contributed by atoms with E-state index in [1.165, 1.54) is 24.0 Å². The van der Waals surface area contributed by atoms with Crippen LogP contribution >= 0.6 is 0 Å². The second kappa shape index (κ2) is 16.5. The molecule has 4 rings (SSSR count). The van der Waals surface area contributed by atoms with E-state index in [0.29, 0.717) is 6.54 Å². The second-order valence-corrected chi connectivity index (χ2v) is 9.99. The average Bonchev–Trinajstić information content (AvgIpc) is 3.52. The summed E-state index contributed by atoms with van der Waals surface area (Å²) in [4.78, 5) is 20.7. The first-order chi connectivity index (χ1) is 19.8. The Balaban J connectivity index is 0.000000696. The molecule has 0 bridgehead atoms. The molecule has 0 radical (unpaired) electrons. The van der Waals surface area contributed by atoms with Crippen LogP contribution in [0.1, 0.15) is 47.2 Å². The first-order valence-corrected chi connectivity index (χ1v) is 13.7. The fourth-order valence-corrected chi connectivity index (χ4v) is 4.74. The molecule has 41 heavy (non-hydrogen) atoms. The molecular weight excluding hydrogens is 524 g/mol. The Hall–Kier alpha value is -3.76. The molecule has 1 aliphatic rings. The van der Waals surface area contributed by atoms with Gasteiger partial charge < -0.3 is 30.1 Å². The third-order valence-electron chi connectivity index (χ3n) is 6.92. The fraction of sp³-hybridized carbons (Fsp3) is 0.375. The molecule has 4 N–H and O–H groups in total. The molecular formula is C32H40N2O7. The Kier molecular flexibility index (Phi) is 12.8. The van der Waals surface area contributed by atoms with Crippen LogP contribution in [0.2, 0.25) is 0 Å². The number of carbonyl (C=O) groups is 2. The molecule has 0 spiro atoms. The van der Waals surface area contributed by atoms with E-state index in [9.17, 15) is 5.11 Å². The maximum absolute atomic E-state index is 10.7. The molecule has 0 amide bonds. The van der Waals surface area contributed by atoms with Crippen LogP contribution in [-0.2, 0) is 14.3 Å². The van der Waals surface area contributed by atoms with Gasteiger partial charge in [-0.2, -0.15) is 0 Å². The Morgan fingerprint density at radius 1 is 0.829 bits per heavy atom. The van der Waals surface area contributed by atoms with Crippen LogP contribution in [0.5, 0.6) is 5.75 Å². The molecule has 1 fully saturated rings. The summed E-state index contributed by atoms with van der Waals surface area (Å²) >= 11 is 0. The molecule has 1 aliphatic heterocycles. The zero-order valence-electron chi connectivity index (χ0n) is 23.6. The number of nitrogens with zero attached hydrogens (tertiary/aromatic N) is 1. The smallest absolute Gasteiger partial charge is 0.414 e. The number of aliphatic carboxylic acids is 2. The summed E-state index contributed by atoms with van der Waals surface area (Å²) in [5.74, 6) is -2.78. The normalized spacial score (nSPS) is 15.3. The predicted molar refractivity (Wildman–Crippen MR) is 156 cm³/mol. The van der Waals surface area contributed by atoms with E-state index < -0.39 is 18.0 Å². The molecule has 0 saturated carbocycles. The van der Waals surface area contributed by atoms with Gasteiger partial charge in [0.1, 0.15) is 11.9 Å². The van der Waals surface area contributed by atoms with Gasteiger partial charge >= 0.3 is 11.9 Å². The standard InChI is InChI=1S/C30H38N2O3.C2H2O4/c1-23-10-12-26(13-11-23)30(25-8-4-3-5-9-25)35-22-27(33)20-31-21-29(32-18-6-7-19-32)24-14-16-28(34-2)17-15-24;3-1(4)2(5)6/h3-5,8-17,27,29-31,33H,6-7,18-22H2,1-2H3;(H,3,4)(H,5,6). The summed E-state index contributed by atoms with van der Waals surface area (Å²) in [7, 11) is 1.69. The van der Waals surface area contributed by atoms with Gasteiger partial charge in [0.25, 0.3) is 0 Å². The molecule has 3 aromatic rings. The lowest BCUT2D eigenvalue weighted by Gasteiger charge is -2.29. The molecule has 0 aromatic heterocycles. The number of carboxylic acids is 2. The van der Waals surface area contributed by atoms with Crippen molar-refractivity contribution in [2.45, 2.75) is 38.0 Å². The summed E-state index contributed by atoms with van der Waals surface area (Å²) < 4.78 is 11.6. The van der Waals surface area contributed by atoms with Crippen LogP contribution in [-0.4, -0.2) is 78.2 Å². The van der Waals surface area contributed by atoms with E-state index in [-0.39, 0.29) is 18.8 Å². The number of benzene rings is 3. The summed E-state index contributed by atoms with van der Waals surface area (Å²) in [6.45, 7) is 5.83. The molecule has 220 valence electrons. The van der Waals surface area contributed by atoms with Gasteiger partial charge in [0.05, 0.1) is 19.8 Å². The molecule has 1 heterocycles. The van der Waals surface area contributed by atoms with Gasteiger partial charge in [0, 0.05) is 19.1 Å². The Labute approximate surface area is 241 Å². The Bertz CT molecular complexity index is 1180. The highest BCUT2D eigenvalue weighted by Gasteiger charge is 2.24. The average molecular weight is 565 g/mol. The predicted octanol–water partition coefficient (Wildman–Crippen LogP) is 4.05. The monoisotopic (exact) mass is 564 g/mol. The van der Waals surface area contributed by atoms with Gasteiger partial charge in [-0.25, -0.2) is 9.59 Å². The molecule has 3 atom stereocenters. The lowest BCUT2D eigenvalue weighted by atomic mass is 10.0. The molecule has 1 saturated heterocycles. The minimum absolute atomic E-state index is 0.205. The number of methoxy groups -OCH3 is 1. The summed E-state index contributed by atoms with van der Waals surface area (Å²) in [6.07, 6.45) is 1.68. The van der Waals surface area contributed by atoms with Crippen LogP contribution < -0.4 is 10.1 Å². The zero-order valence-corrected chi connectivity index (χ0v) is 23.6. The maximum Gasteiger partial charge on any atom is 0.414 e. The van der Waals surface area contributed by atoms with E-state index >= 15 is 0 Å². The van der Waals surface area contributed by atoms with Crippen molar-refractivity contribution in [2.75, 3.05) is 39.9 Å². The number of ether oxygens (including phenoxy) is 2. The van der Waals surface area contributed by atoms with Gasteiger partial charge in [0.15, 0.2) is 0 Å². The van der Waals surface area contributed by atoms with Gasteiger partial charge in [0.2, 0.25) is 0 Å². The van der Waals surface area contributed by atoms with Gasteiger partial charge in [-0.05, 0) is 61.7 Å². The highest BCUT2D eigenvalue weighted by atomic mass is 16.5. The SMILES string of the molecule is COc1ccc(C(CNCC(O)COC(c2ccccc2)c2ccc(C)cc2)N2CCCC2)cc1.O=C(O)C(=O)O. The highest BCUT2D eigenvalue weighted by Crippen LogP contribution is 2.27. The van der Waals surface area contributed by atoms with Gasteiger partial charge in [-0.1, -0.05) is 72.3 Å². The molecule has 9 heteroatoms. The zero-order chi connectivity index (χ0) is 29.6. The number of rotatable bonds is 12. The lowest BCUT2D eigenvalue weighted by Crippen LogP contribution is -2.38. The van der Waals surface area contributed by atoms with Crippen molar-refractivity contribution in [1.29, 1.82) is 0 Å². The van der Waals surface area contributed by atoms with E-state index in [1.807, 2.05) is 30.3 Å². The summed E-state index contributed by atoms with van der Waals surface area (Å²) in [6, 6.07) is 27.2. The number of hydrogen-bond donors (Lipinski definition) is 4. The topological polar surface area (TPSA) is 129 Å². The van der Waals surface area contributed by atoms with E-state index in [2.05, 4.69) is 65.7 Å². The number of likely N-dealkylation sites (tertiary alicyclic amines) is 1. The number of aliphatic hydroxyl groups is 1. The minimum atomic E-state index is -1.82. The van der Waals surface area contributed by atoms with Gasteiger partial charge in [-0.3, -0.25) is 4.90 Å². The minimum Gasteiger partial charge on any atom is -0.497 e. The van der Waals surface area contributed by atoms with Crippen molar-refractivity contribution in [3.63, 3.8) is 0 Å². The number of nitrogens with one attached hydrogen (secondary N) is 1. The van der Waals surface area contributed by atoms with Crippen molar-refractivity contribution in [2.24, 2.45) is 0 Å². The molecule has 0 aliphatic carbocycles. The second-order valence-electron chi connectivity index (χ2n) is 9.99. The van der Waals surface area contributed by atoms with E-state index in [4.69, 9.17) is 29.3 Å². The quantitative estimate of drug-likeness (QED) is 0.241. The molecule has 3 unspecified atom stereocenters. The summed E-state index contributed by atoms with van der Waals surface area (Å²) in [5, 5.41) is 29.0. The van der Waals surface area contributed by atoms with Crippen LogP contribution in [0.4, 0.5) is 0 Å². The van der Waals surface area contributed by atoms with Crippen molar-refractivity contribution >= 4 is 11.9 Å². The number of hydrogen-bond acceptors (Lipinski definition) is 7. The van der Waals surface area contributed by atoms with Crippen LogP contribution in [0, 0.1) is 6.92 Å². The van der Waals surface area contributed by atoms with E-state index in [1.54, 1.807) is 7.11 Å². The van der Waals surface area contributed by atoms with Gasteiger partial charge in [-0.15, -0.1) is 0 Å². The van der Waals surface area contributed by atoms with Crippen molar-refractivity contribution in [1.82, 2.24) is 10.2 Å². The fourth-order valence-electron chi connectivity index (χ4n) is 4.74. The Morgan fingerprint density at radius 2 is 1.39 bits per heavy atom. The van der Waals surface area contributed by atoms with Crippen LogP contribution in [0.15, 0.2) is 78.9 Å². The third kappa shape index (κ3) is 10.3. The largest absolute Gasteiger partial charge is 0.497 e. The third-order valence-corrected chi connectivity index (χ3v) is 6.92. The number of aliphatic hydroxyl groups excluding tert-OH is 1. The summed E-state index contributed by atoms with van der Waals surface area (Å²) in [5.41, 5.74) is 4.67. The lowest BCUT2D eigenvalue weighted by molar-refractivity contribution is -0.159. The van der Waals surface area contributed by atoms with E-state index in [0.717, 1.165) is 36.5 Å². The van der Waals surface area contributed by atoms with Crippen molar-refractivity contribution in [3.8, 4) is 5.75 Å². The van der Waals surface area contributed by atoms with Crippen molar-refractivity contribution in [3.05, 3.63) is 101 Å². The first-order valence-electron chi connectivity index (χ1n) is 13.7. The Morgan fingerprint density at radius 3 is 1.95 bits per heavy atom. The first kappa shape index (κ1) is 31.8. The highest BCUT2D eigenvalue weighted by molar-refractivity contribution is 6.27. The number of aryl methyl sites for hydroxylation is 1.